The normalized spacial score (nSPS) is 12.4. The highest BCUT2D eigenvalue weighted by Crippen LogP contribution is 2.26. The lowest BCUT2D eigenvalue weighted by atomic mass is 9.86. The van der Waals surface area contributed by atoms with Gasteiger partial charge in [-0.15, -0.1) is 0 Å². The smallest absolute Gasteiger partial charge is 0.309 e. The van der Waals surface area contributed by atoms with E-state index in [2.05, 4.69) is 45.9 Å². The molecule has 0 unspecified atom stereocenters. The number of carboxylic acids is 1. The molecule has 1 rings (SSSR count). The molecule has 0 aliphatic heterocycles. The van der Waals surface area contributed by atoms with Gasteiger partial charge in [0.15, 0.2) is 0 Å². The molecule has 2 heteroatoms. The number of carbonyl (C=O) groups is 1. The van der Waals surface area contributed by atoms with Crippen LogP contribution in [0.15, 0.2) is 18.2 Å². The lowest BCUT2D eigenvalue weighted by Crippen LogP contribution is -2.23. The zero-order chi connectivity index (χ0) is 21.2. The lowest BCUT2D eigenvalue weighted by molar-refractivity contribution is -0.147. The number of aryl methyl sites for hydroxylation is 2. The quantitative estimate of drug-likeness (QED) is 0.351. The van der Waals surface area contributed by atoms with Crippen LogP contribution in [0.1, 0.15) is 109 Å². The molecular weight excluding hydrogens is 344 g/mol. The van der Waals surface area contributed by atoms with E-state index in [1.165, 1.54) is 49.7 Å². The van der Waals surface area contributed by atoms with E-state index < -0.39 is 11.4 Å². The van der Waals surface area contributed by atoms with Crippen LogP contribution in [0, 0.1) is 17.8 Å². The Bertz CT molecular complexity index is 593. The number of aliphatic carboxylic acids is 1. The molecule has 1 N–H and O–H groups in total. The van der Waals surface area contributed by atoms with Crippen molar-refractivity contribution in [3.05, 3.63) is 34.9 Å². The first-order valence-electron chi connectivity index (χ1n) is 11.3. The number of hydrogen-bond donors (Lipinski definition) is 1. The molecule has 0 fully saturated rings. The molecule has 0 atom stereocenters. The standard InChI is InChI=1S/C26H44O2/c1-21-15-14-17-22(16-10-9-13-20-26(5,6)24(27)28)23(21)18-11-7-8-12-19-25(2,3)4/h14-15,17H,7-13,16,18-20H2,1-6H3,(H,27,28). The molecular formula is C26H44O2. The summed E-state index contributed by atoms with van der Waals surface area (Å²) in [6, 6.07) is 6.72. The van der Waals surface area contributed by atoms with Crippen molar-refractivity contribution in [1.82, 2.24) is 0 Å². The van der Waals surface area contributed by atoms with E-state index in [-0.39, 0.29) is 0 Å². The summed E-state index contributed by atoms with van der Waals surface area (Å²) in [5.41, 5.74) is 4.36. The van der Waals surface area contributed by atoms with Gasteiger partial charge in [0, 0.05) is 0 Å². The summed E-state index contributed by atoms with van der Waals surface area (Å²) in [5, 5.41) is 9.22. The highest BCUT2D eigenvalue weighted by Gasteiger charge is 2.25. The fourth-order valence-electron chi connectivity index (χ4n) is 3.83. The molecule has 0 spiro atoms. The Morgan fingerprint density at radius 2 is 1.39 bits per heavy atom. The highest BCUT2D eigenvalue weighted by atomic mass is 16.4. The van der Waals surface area contributed by atoms with Gasteiger partial charge in [0.2, 0.25) is 0 Å². The molecule has 2 nitrogen and oxygen atoms in total. The Morgan fingerprint density at radius 1 is 0.821 bits per heavy atom. The van der Waals surface area contributed by atoms with E-state index in [0.29, 0.717) is 5.41 Å². The fraction of sp³-hybridized carbons (Fsp3) is 0.731. The average Bonchev–Trinajstić information content (AvgIpc) is 2.58. The predicted octanol–water partition coefficient (Wildman–Crippen LogP) is 7.75. The maximum atomic E-state index is 11.2. The van der Waals surface area contributed by atoms with Crippen LogP contribution < -0.4 is 0 Å². The van der Waals surface area contributed by atoms with E-state index in [1.807, 2.05) is 13.8 Å². The van der Waals surface area contributed by atoms with Gasteiger partial charge in [-0.1, -0.05) is 71.1 Å². The number of unbranched alkanes of at least 4 members (excludes halogenated alkanes) is 5. The molecule has 0 aliphatic rings. The molecule has 0 amide bonds. The summed E-state index contributed by atoms with van der Waals surface area (Å²) < 4.78 is 0. The molecule has 0 heterocycles. The SMILES string of the molecule is Cc1cccc(CCCCCC(C)(C)C(=O)O)c1CCCCCCC(C)(C)C. The second kappa shape index (κ2) is 11.6. The Morgan fingerprint density at radius 3 is 2.04 bits per heavy atom. The summed E-state index contributed by atoms with van der Waals surface area (Å²) in [5.74, 6) is -0.684. The summed E-state index contributed by atoms with van der Waals surface area (Å²) >= 11 is 0. The summed E-state index contributed by atoms with van der Waals surface area (Å²) in [4.78, 5) is 11.2. The van der Waals surface area contributed by atoms with Gasteiger partial charge in [-0.05, 0) is 81.4 Å². The van der Waals surface area contributed by atoms with Gasteiger partial charge >= 0.3 is 5.97 Å². The molecule has 0 saturated heterocycles. The Hall–Kier alpha value is -1.31. The maximum Gasteiger partial charge on any atom is 0.309 e. The van der Waals surface area contributed by atoms with Crippen molar-refractivity contribution in [2.75, 3.05) is 0 Å². The van der Waals surface area contributed by atoms with E-state index >= 15 is 0 Å². The van der Waals surface area contributed by atoms with Gasteiger partial charge in [-0.2, -0.15) is 0 Å². The monoisotopic (exact) mass is 388 g/mol. The number of benzene rings is 1. The fourth-order valence-corrected chi connectivity index (χ4v) is 3.83. The molecule has 0 aliphatic carbocycles. The largest absolute Gasteiger partial charge is 0.481 e. The second-order valence-electron chi connectivity index (χ2n) is 10.4. The topological polar surface area (TPSA) is 37.3 Å². The first-order valence-corrected chi connectivity index (χ1v) is 11.3. The Kier molecular flexibility index (Phi) is 10.3. The van der Waals surface area contributed by atoms with E-state index in [0.717, 1.165) is 32.1 Å². The zero-order valence-corrected chi connectivity index (χ0v) is 19.4. The van der Waals surface area contributed by atoms with Crippen LogP contribution in [0.4, 0.5) is 0 Å². The van der Waals surface area contributed by atoms with Gasteiger partial charge in [0.25, 0.3) is 0 Å². The first-order chi connectivity index (χ1) is 13.0. The van der Waals surface area contributed by atoms with Crippen molar-refractivity contribution >= 4 is 5.97 Å². The van der Waals surface area contributed by atoms with Crippen molar-refractivity contribution in [3.8, 4) is 0 Å². The van der Waals surface area contributed by atoms with Gasteiger partial charge < -0.3 is 5.11 Å². The first kappa shape index (κ1) is 24.7. The predicted molar refractivity (Wildman–Crippen MR) is 121 cm³/mol. The molecule has 28 heavy (non-hydrogen) atoms. The van der Waals surface area contributed by atoms with Crippen molar-refractivity contribution in [3.63, 3.8) is 0 Å². The number of hydrogen-bond acceptors (Lipinski definition) is 1. The zero-order valence-electron chi connectivity index (χ0n) is 19.4. The average molecular weight is 389 g/mol. The summed E-state index contributed by atoms with van der Waals surface area (Å²) in [7, 11) is 0. The maximum absolute atomic E-state index is 11.2. The van der Waals surface area contributed by atoms with Crippen LogP contribution in [0.2, 0.25) is 0 Å². The summed E-state index contributed by atoms with van der Waals surface area (Å²) in [6.07, 6.45) is 13.0. The van der Waals surface area contributed by atoms with E-state index in [1.54, 1.807) is 5.56 Å². The minimum absolute atomic E-state index is 0.461. The van der Waals surface area contributed by atoms with Gasteiger partial charge in [-0.25, -0.2) is 0 Å². The second-order valence-corrected chi connectivity index (χ2v) is 10.4. The van der Waals surface area contributed by atoms with E-state index in [9.17, 15) is 9.90 Å². The van der Waals surface area contributed by atoms with Gasteiger partial charge in [0.05, 0.1) is 5.41 Å². The number of rotatable bonds is 13. The van der Waals surface area contributed by atoms with Gasteiger partial charge in [-0.3, -0.25) is 4.79 Å². The minimum atomic E-state index is -0.684. The molecule has 0 bridgehead atoms. The van der Waals surface area contributed by atoms with Crippen molar-refractivity contribution in [1.29, 1.82) is 0 Å². The van der Waals surface area contributed by atoms with Crippen LogP contribution in [-0.4, -0.2) is 11.1 Å². The van der Waals surface area contributed by atoms with Gasteiger partial charge in [0.1, 0.15) is 0 Å². The van der Waals surface area contributed by atoms with Crippen molar-refractivity contribution in [2.24, 2.45) is 10.8 Å². The van der Waals surface area contributed by atoms with Crippen LogP contribution in [-0.2, 0) is 17.6 Å². The van der Waals surface area contributed by atoms with Crippen LogP contribution >= 0.6 is 0 Å². The minimum Gasteiger partial charge on any atom is -0.481 e. The highest BCUT2D eigenvalue weighted by molar-refractivity contribution is 5.73. The molecule has 0 saturated carbocycles. The molecule has 1 aromatic rings. The van der Waals surface area contributed by atoms with Crippen LogP contribution in [0.25, 0.3) is 0 Å². The Labute approximate surface area is 174 Å². The van der Waals surface area contributed by atoms with Crippen LogP contribution in [0.5, 0.6) is 0 Å². The molecule has 0 aromatic heterocycles. The third kappa shape index (κ3) is 9.75. The van der Waals surface area contributed by atoms with Crippen molar-refractivity contribution < 1.29 is 9.90 Å². The number of carboxylic acid groups (broad SMARTS) is 1. The van der Waals surface area contributed by atoms with Crippen molar-refractivity contribution in [2.45, 2.75) is 112 Å². The third-order valence-electron chi connectivity index (χ3n) is 5.94. The van der Waals surface area contributed by atoms with E-state index in [4.69, 9.17) is 0 Å². The molecule has 1 aromatic carbocycles. The van der Waals surface area contributed by atoms with Crippen LogP contribution in [0.3, 0.4) is 0 Å². The molecule has 160 valence electrons. The summed E-state index contributed by atoms with van der Waals surface area (Å²) in [6.45, 7) is 12.9. The lowest BCUT2D eigenvalue weighted by Gasteiger charge is -2.18. The third-order valence-corrected chi connectivity index (χ3v) is 5.94. The Balaban J connectivity index is 2.39. The molecule has 0 radical (unpaired) electrons.